The van der Waals surface area contributed by atoms with Crippen LogP contribution in [-0.2, 0) is 14.9 Å². The molecule has 0 amide bonds. The Morgan fingerprint density at radius 1 is 1.53 bits per heavy atom. The van der Waals surface area contributed by atoms with Crippen LogP contribution in [-0.4, -0.2) is 31.4 Å². The van der Waals surface area contributed by atoms with Gasteiger partial charge in [0, 0.05) is 5.56 Å². The van der Waals surface area contributed by atoms with Crippen molar-refractivity contribution in [3.05, 3.63) is 29.3 Å². The molecule has 0 aliphatic carbocycles. The number of aryl methyl sites for hydroxylation is 1. The predicted molar refractivity (Wildman–Crippen MR) is 71.6 cm³/mol. The van der Waals surface area contributed by atoms with Gasteiger partial charge >= 0.3 is 5.97 Å². The second-order valence-corrected chi connectivity index (χ2v) is 5.15. The first kappa shape index (κ1) is 13.9. The van der Waals surface area contributed by atoms with Crippen molar-refractivity contribution in [2.75, 3.05) is 20.3 Å². The van der Waals surface area contributed by atoms with Gasteiger partial charge in [-0.3, -0.25) is 4.79 Å². The molecule has 1 N–H and O–H groups in total. The van der Waals surface area contributed by atoms with Gasteiger partial charge in [0.25, 0.3) is 0 Å². The second kappa shape index (κ2) is 5.21. The first-order chi connectivity index (χ1) is 9.05. The Morgan fingerprint density at radius 3 is 2.63 bits per heavy atom. The first-order valence-electron chi connectivity index (χ1n) is 6.51. The lowest BCUT2D eigenvalue weighted by Gasteiger charge is -2.46. The monoisotopic (exact) mass is 264 g/mol. The zero-order valence-electron chi connectivity index (χ0n) is 11.6. The van der Waals surface area contributed by atoms with Gasteiger partial charge in [-0.05, 0) is 19.4 Å². The maximum atomic E-state index is 11.5. The van der Waals surface area contributed by atoms with Gasteiger partial charge in [-0.2, -0.15) is 0 Å². The molecule has 1 aromatic carbocycles. The van der Waals surface area contributed by atoms with Gasteiger partial charge < -0.3 is 14.6 Å². The Bertz CT molecular complexity index is 477. The Hall–Kier alpha value is -1.55. The van der Waals surface area contributed by atoms with Crippen molar-refractivity contribution in [1.29, 1.82) is 0 Å². The summed E-state index contributed by atoms with van der Waals surface area (Å²) in [5.41, 5.74) is 1.59. The Morgan fingerprint density at radius 2 is 2.21 bits per heavy atom. The third kappa shape index (κ3) is 2.21. The van der Waals surface area contributed by atoms with Gasteiger partial charge in [-0.25, -0.2) is 0 Å². The van der Waals surface area contributed by atoms with E-state index in [0.29, 0.717) is 19.6 Å². The van der Waals surface area contributed by atoms with Crippen LogP contribution < -0.4 is 4.74 Å². The molecule has 0 saturated carbocycles. The molecule has 4 heteroatoms. The summed E-state index contributed by atoms with van der Waals surface area (Å²) in [7, 11) is 1.61. The number of hydrogen-bond acceptors (Lipinski definition) is 3. The molecule has 2 rings (SSSR count). The van der Waals surface area contributed by atoms with Crippen molar-refractivity contribution >= 4 is 5.97 Å². The minimum absolute atomic E-state index is 0.442. The van der Waals surface area contributed by atoms with Crippen LogP contribution >= 0.6 is 0 Å². The van der Waals surface area contributed by atoms with E-state index in [2.05, 4.69) is 0 Å². The summed E-state index contributed by atoms with van der Waals surface area (Å²) in [4.78, 5) is 11.5. The molecule has 0 aromatic heterocycles. The lowest BCUT2D eigenvalue weighted by molar-refractivity contribution is -0.157. The van der Waals surface area contributed by atoms with Crippen molar-refractivity contribution in [1.82, 2.24) is 0 Å². The molecular weight excluding hydrogens is 244 g/mol. The lowest BCUT2D eigenvalue weighted by atomic mass is 9.67. The zero-order chi connectivity index (χ0) is 14.0. The molecule has 1 fully saturated rings. The highest BCUT2D eigenvalue weighted by Gasteiger charge is 2.51. The van der Waals surface area contributed by atoms with Crippen LogP contribution in [0.15, 0.2) is 18.2 Å². The van der Waals surface area contributed by atoms with Gasteiger partial charge in [0.2, 0.25) is 0 Å². The molecule has 1 aliphatic heterocycles. The molecule has 4 nitrogen and oxygen atoms in total. The van der Waals surface area contributed by atoms with E-state index in [9.17, 15) is 9.90 Å². The topological polar surface area (TPSA) is 55.8 Å². The van der Waals surface area contributed by atoms with Crippen LogP contribution in [0, 0.1) is 12.8 Å². The largest absolute Gasteiger partial charge is 0.496 e. The van der Waals surface area contributed by atoms with E-state index in [1.165, 1.54) is 0 Å². The average Bonchev–Trinajstić information content (AvgIpc) is 2.33. The smallest absolute Gasteiger partial charge is 0.307 e. The fourth-order valence-corrected chi connectivity index (χ4v) is 2.88. The highest BCUT2D eigenvalue weighted by atomic mass is 16.5. The Labute approximate surface area is 113 Å². The zero-order valence-corrected chi connectivity index (χ0v) is 11.6. The Kier molecular flexibility index (Phi) is 3.80. The summed E-state index contributed by atoms with van der Waals surface area (Å²) in [5.74, 6) is -0.472. The number of carboxylic acids is 1. The summed E-state index contributed by atoms with van der Waals surface area (Å²) in [5, 5.41) is 9.47. The van der Waals surface area contributed by atoms with E-state index in [1.54, 1.807) is 7.11 Å². The average molecular weight is 264 g/mol. The number of methoxy groups -OCH3 is 1. The van der Waals surface area contributed by atoms with E-state index in [-0.39, 0.29) is 0 Å². The number of ether oxygens (including phenoxy) is 2. The molecule has 0 spiro atoms. The summed E-state index contributed by atoms with van der Waals surface area (Å²) in [6.07, 6.45) is 0.579. The van der Waals surface area contributed by atoms with Gasteiger partial charge in [-0.15, -0.1) is 0 Å². The quantitative estimate of drug-likeness (QED) is 0.887. The first-order valence-corrected chi connectivity index (χ1v) is 6.51. The third-order valence-corrected chi connectivity index (χ3v) is 3.98. The number of carbonyl (C=O) groups is 1. The van der Waals surface area contributed by atoms with Crippen molar-refractivity contribution in [3.8, 4) is 5.75 Å². The fourth-order valence-electron chi connectivity index (χ4n) is 2.88. The number of benzene rings is 1. The normalized spacial score (nSPS) is 18.5. The number of rotatable bonds is 5. The molecule has 1 aromatic rings. The van der Waals surface area contributed by atoms with Crippen LogP contribution in [0.2, 0.25) is 0 Å². The van der Waals surface area contributed by atoms with Crippen LogP contribution in [0.3, 0.4) is 0 Å². The van der Waals surface area contributed by atoms with Gasteiger partial charge in [-0.1, -0.05) is 24.6 Å². The molecule has 1 unspecified atom stereocenters. The van der Waals surface area contributed by atoms with Crippen molar-refractivity contribution in [2.24, 2.45) is 5.92 Å². The molecule has 1 saturated heterocycles. The summed E-state index contributed by atoms with van der Waals surface area (Å²) < 4.78 is 10.8. The number of aliphatic carboxylic acids is 1. The van der Waals surface area contributed by atoms with Crippen LogP contribution in [0.1, 0.15) is 24.5 Å². The van der Waals surface area contributed by atoms with E-state index in [4.69, 9.17) is 9.47 Å². The maximum Gasteiger partial charge on any atom is 0.307 e. The van der Waals surface area contributed by atoms with E-state index >= 15 is 0 Å². The minimum atomic E-state index is -0.769. The van der Waals surface area contributed by atoms with E-state index < -0.39 is 17.3 Å². The molecule has 0 bridgehead atoms. The molecule has 1 atom stereocenters. The van der Waals surface area contributed by atoms with E-state index in [1.807, 2.05) is 32.0 Å². The van der Waals surface area contributed by atoms with Crippen molar-refractivity contribution in [3.63, 3.8) is 0 Å². The Balaban J connectivity index is 2.52. The molecule has 19 heavy (non-hydrogen) atoms. The highest BCUT2D eigenvalue weighted by molar-refractivity contribution is 5.73. The molecule has 0 radical (unpaired) electrons. The summed E-state index contributed by atoms with van der Waals surface area (Å²) in [6.45, 7) is 4.79. The molecular formula is C15H20O4. The second-order valence-electron chi connectivity index (χ2n) is 5.15. The molecule has 1 aliphatic rings. The van der Waals surface area contributed by atoms with Crippen LogP contribution in [0.5, 0.6) is 5.75 Å². The van der Waals surface area contributed by atoms with Crippen molar-refractivity contribution < 1.29 is 19.4 Å². The molecule has 1 heterocycles. The third-order valence-electron chi connectivity index (χ3n) is 3.98. The molecule has 104 valence electrons. The minimum Gasteiger partial charge on any atom is -0.496 e. The van der Waals surface area contributed by atoms with Crippen molar-refractivity contribution in [2.45, 2.75) is 25.7 Å². The standard InChI is InChI=1S/C15H20O4/c1-4-11(14(16)17)15(8-19-9-15)12-7-10(2)5-6-13(12)18-3/h5-7,11H,4,8-9H2,1-3H3,(H,16,17). The van der Waals surface area contributed by atoms with Crippen LogP contribution in [0.25, 0.3) is 0 Å². The lowest BCUT2D eigenvalue weighted by Crippen LogP contribution is -2.54. The number of carboxylic acid groups (broad SMARTS) is 1. The summed E-state index contributed by atoms with van der Waals surface area (Å²) >= 11 is 0. The van der Waals surface area contributed by atoms with Gasteiger partial charge in [0.15, 0.2) is 0 Å². The SMILES string of the molecule is CCC(C(=O)O)C1(c2cc(C)ccc2OC)COC1. The maximum absolute atomic E-state index is 11.5. The van der Waals surface area contributed by atoms with Crippen LogP contribution in [0.4, 0.5) is 0 Å². The van der Waals surface area contributed by atoms with Gasteiger partial charge in [0.1, 0.15) is 5.75 Å². The predicted octanol–water partition coefficient (Wildman–Crippen LogP) is 2.38. The fraction of sp³-hybridized carbons (Fsp3) is 0.533. The van der Waals surface area contributed by atoms with Gasteiger partial charge in [0.05, 0.1) is 31.7 Å². The number of hydrogen-bond donors (Lipinski definition) is 1. The summed E-state index contributed by atoms with van der Waals surface area (Å²) in [6, 6.07) is 5.89. The highest BCUT2D eigenvalue weighted by Crippen LogP contribution is 2.45. The van der Waals surface area contributed by atoms with E-state index in [0.717, 1.165) is 16.9 Å².